The highest BCUT2D eigenvalue weighted by molar-refractivity contribution is 5.85. The second-order valence-electron chi connectivity index (χ2n) is 8.56. The molecule has 0 radical (unpaired) electrons. The molecule has 2 heterocycles. The van der Waals surface area contributed by atoms with Crippen LogP contribution in [0.15, 0.2) is 30.3 Å². The fourth-order valence-electron chi connectivity index (χ4n) is 4.13. The SMILES string of the molecule is CC1CCN(C(C)CNC(=O)NCC(C(=O)N2CCOCC2)c2ccccc2)CC1. The van der Waals surface area contributed by atoms with Crippen molar-refractivity contribution in [3.63, 3.8) is 0 Å². The van der Waals surface area contributed by atoms with Gasteiger partial charge in [0.2, 0.25) is 5.91 Å². The van der Waals surface area contributed by atoms with Gasteiger partial charge in [0.05, 0.1) is 19.1 Å². The van der Waals surface area contributed by atoms with E-state index in [1.165, 1.54) is 12.8 Å². The van der Waals surface area contributed by atoms with E-state index in [0.29, 0.717) is 38.9 Å². The van der Waals surface area contributed by atoms with Crippen LogP contribution in [0.25, 0.3) is 0 Å². The smallest absolute Gasteiger partial charge is 0.314 e. The third-order valence-corrected chi connectivity index (χ3v) is 6.29. The molecule has 7 nitrogen and oxygen atoms in total. The number of nitrogens with zero attached hydrogens (tertiary/aromatic N) is 2. The second-order valence-corrected chi connectivity index (χ2v) is 8.56. The third kappa shape index (κ3) is 6.44. The van der Waals surface area contributed by atoms with Crippen LogP contribution in [0.2, 0.25) is 0 Å². The Hall–Kier alpha value is -2.12. The Morgan fingerprint density at radius 1 is 1.03 bits per heavy atom. The summed E-state index contributed by atoms with van der Waals surface area (Å²) in [7, 11) is 0. The molecule has 2 aliphatic rings. The van der Waals surface area contributed by atoms with E-state index in [1.807, 2.05) is 35.2 Å². The summed E-state index contributed by atoms with van der Waals surface area (Å²) in [5.41, 5.74) is 0.921. The number of likely N-dealkylation sites (tertiary alicyclic amines) is 1. The average Bonchev–Trinajstić information content (AvgIpc) is 2.79. The molecule has 2 fully saturated rings. The van der Waals surface area contributed by atoms with Crippen LogP contribution in [0.4, 0.5) is 4.79 Å². The van der Waals surface area contributed by atoms with Gasteiger partial charge in [0.1, 0.15) is 0 Å². The molecule has 0 spiro atoms. The zero-order valence-corrected chi connectivity index (χ0v) is 18.3. The van der Waals surface area contributed by atoms with Crippen molar-refractivity contribution < 1.29 is 14.3 Å². The quantitative estimate of drug-likeness (QED) is 0.714. The van der Waals surface area contributed by atoms with Gasteiger partial charge in [0.25, 0.3) is 0 Å². The maximum absolute atomic E-state index is 13.1. The van der Waals surface area contributed by atoms with E-state index in [-0.39, 0.29) is 18.5 Å². The number of rotatable bonds is 7. The lowest BCUT2D eigenvalue weighted by Crippen LogP contribution is -2.49. The van der Waals surface area contributed by atoms with Crippen molar-refractivity contribution in [2.45, 2.75) is 38.6 Å². The normalized spacial score (nSPS) is 20.4. The molecule has 2 aliphatic heterocycles. The molecule has 2 N–H and O–H groups in total. The lowest BCUT2D eigenvalue weighted by Gasteiger charge is -2.35. The summed E-state index contributed by atoms with van der Waals surface area (Å²) >= 11 is 0. The number of ether oxygens (including phenoxy) is 1. The van der Waals surface area contributed by atoms with Crippen molar-refractivity contribution in [2.75, 3.05) is 52.5 Å². The zero-order valence-electron chi connectivity index (χ0n) is 18.3. The minimum Gasteiger partial charge on any atom is -0.378 e. The van der Waals surface area contributed by atoms with Crippen molar-refractivity contribution in [1.29, 1.82) is 0 Å². The van der Waals surface area contributed by atoms with E-state index in [2.05, 4.69) is 29.4 Å². The number of hydrogen-bond acceptors (Lipinski definition) is 4. The molecule has 0 aliphatic carbocycles. The number of morpholine rings is 1. The Bertz CT molecular complexity index is 670. The molecule has 166 valence electrons. The fourth-order valence-corrected chi connectivity index (χ4v) is 4.13. The lowest BCUT2D eigenvalue weighted by molar-refractivity contribution is -0.136. The molecular weight excluding hydrogens is 380 g/mol. The third-order valence-electron chi connectivity index (χ3n) is 6.29. The first-order valence-electron chi connectivity index (χ1n) is 11.2. The van der Waals surface area contributed by atoms with Gasteiger partial charge < -0.3 is 20.3 Å². The van der Waals surface area contributed by atoms with Gasteiger partial charge in [-0.3, -0.25) is 9.69 Å². The van der Waals surface area contributed by atoms with Crippen LogP contribution in [0, 0.1) is 5.92 Å². The van der Waals surface area contributed by atoms with Gasteiger partial charge in [0, 0.05) is 32.2 Å². The van der Waals surface area contributed by atoms with E-state index in [9.17, 15) is 9.59 Å². The number of carbonyl (C=O) groups excluding carboxylic acids is 2. The molecule has 1 aromatic rings. The Balaban J connectivity index is 1.50. The molecule has 3 amide bonds. The maximum Gasteiger partial charge on any atom is 0.314 e. The molecule has 2 unspecified atom stereocenters. The van der Waals surface area contributed by atoms with Crippen molar-refractivity contribution >= 4 is 11.9 Å². The first-order valence-corrected chi connectivity index (χ1v) is 11.2. The van der Waals surface area contributed by atoms with Crippen molar-refractivity contribution in [3.05, 3.63) is 35.9 Å². The van der Waals surface area contributed by atoms with Gasteiger partial charge >= 0.3 is 6.03 Å². The summed E-state index contributed by atoms with van der Waals surface area (Å²) in [5.74, 6) is 0.445. The van der Waals surface area contributed by atoms with Crippen molar-refractivity contribution in [3.8, 4) is 0 Å². The van der Waals surface area contributed by atoms with Crippen LogP contribution in [0.1, 0.15) is 38.2 Å². The highest BCUT2D eigenvalue weighted by Crippen LogP contribution is 2.19. The van der Waals surface area contributed by atoms with Gasteiger partial charge in [-0.25, -0.2) is 4.79 Å². The summed E-state index contributed by atoms with van der Waals surface area (Å²) in [4.78, 5) is 29.8. The number of piperidine rings is 1. The van der Waals surface area contributed by atoms with Gasteiger partial charge in [-0.05, 0) is 44.3 Å². The minimum atomic E-state index is -0.393. The number of urea groups is 1. The van der Waals surface area contributed by atoms with Crippen LogP contribution in [-0.2, 0) is 9.53 Å². The summed E-state index contributed by atoms with van der Waals surface area (Å²) in [6.45, 7) is 9.85. The lowest BCUT2D eigenvalue weighted by atomic mass is 9.97. The van der Waals surface area contributed by atoms with Gasteiger partial charge in [0.15, 0.2) is 0 Å². The summed E-state index contributed by atoms with van der Waals surface area (Å²) in [6, 6.07) is 9.77. The van der Waals surface area contributed by atoms with Crippen LogP contribution < -0.4 is 10.6 Å². The van der Waals surface area contributed by atoms with E-state index >= 15 is 0 Å². The Kier molecular flexibility index (Phi) is 8.51. The Morgan fingerprint density at radius 3 is 2.33 bits per heavy atom. The maximum atomic E-state index is 13.1. The molecule has 1 aromatic carbocycles. The standard InChI is InChI=1S/C23H36N4O3/c1-18-8-10-26(11-9-18)19(2)16-24-23(29)25-17-21(20-6-4-3-5-7-20)22(28)27-12-14-30-15-13-27/h3-7,18-19,21H,8-17H2,1-2H3,(H2,24,25,29). The molecule has 0 saturated carbocycles. The summed E-state index contributed by atoms with van der Waals surface area (Å²) in [5, 5.41) is 5.90. The van der Waals surface area contributed by atoms with Gasteiger partial charge in [-0.15, -0.1) is 0 Å². The van der Waals surface area contributed by atoms with Crippen LogP contribution >= 0.6 is 0 Å². The van der Waals surface area contributed by atoms with E-state index in [0.717, 1.165) is 24.6 Å². The second kappa shape index (κ2) is 11.3. The molecule has 30 heavy (non-hydrogen) atoms. The minimum absolute atomic E-state index is 0.0422. The zero-order chi connectivity index (χ0) is 21.3. The topological polar surface area (TPSA) is 73.9 Å². The van der Waals surface area contributed by atoms with E-state index < -0.39 is 5.92 Å². The Morgan fingerprint density at radius 2 is 1.67 bits per heavy atom. The fraction of sp³-hybridized carbons (Fsp3) is 0.652. The summed E-state index contributed by atoms with van der Waals surface area (Å²) < 4.78 is 5.37. The first kappa shape index (κ1) is 22.6. The van der Waals surface area contributed by atoms with Crippen LogP contribution in [0.3, 0.4) is 0 Å². The number of nitrogens with one attached hydrogen (secondary N) is 2. The van der Waals surface area contributed by atoms with Crippen LogP contribution in [0.5, 0.6) is 0 Å². The molecule has 0 aromatic heterocycles. The molecule has 2 atom stereocenters. The molecule has 3 rings (SSSR count). The van der Waals surface area contributed by atoms with Crippen molar-refractivity contribution in [1.82, 2.24) is 20.4 Å². The first-order chi connectivity index (χ1) is 14.5. The molecule has 0 bridgehead atoms. The number of benzene rings is 1. The van der Waals surface area contributed by atoms with Gasteiger partial charge in [-0.1, -0.05) is 37.3 Å². The molecular formula is C23H36N4O3. The monoisotopic (exact) mass is 416 g/mol. The van der Waals surface area contributed by atoms with Crippen LogP contribution in [-0.4, -0.2) is 80.3 Å². The predicted octanol–water partition coefficient (Wildman–Crippen LogP) is 2.05. The highest BCUT2D eigenvalue weighted by Gasteiger charge is 2.28. The van der Waals surface area contributed by atoms with E-state index in [1.54, 1.807) is 0 Å². The Labute approximate surface area is 180 Å². The average molecular weight is 417 g/mol. The van der Waals surface area contributed by atoms with Crippen molar-refractivity contribution in [2.24, 2.45) is 5.92 Å². The summed E-state index contributed by atoms with van der Waals surface area (Å²) in [6.07, 6.45) is 2.44. The molecule has 2 saturated heterocycles. The largest absolute Gasteiger partial charge is 0.378 e. The number of carbonyl (C=O) groups is 2. The van der Waals surface area contributed by atoms with Gasteiger partial charge in [-0.2, -0.15) is 0 Å². The number of amides is 3. The predicted molar refractivity (Wildman–Crippen MR) is 117 cm³/mol. The van der Waals surface area contributed by atoms with E-state index in [4.69, 9.17) is 4.74 Å². The number of hydrogen-bond donors (Lipinski definition) is 2. The highest BCUT2D eigenvalue weighted by atomic mass is 16.5. The molecule has 7 heteroatoms.